The molecule has 2 rings (SSSR count). The quantitative estimate of drug-likeness (QED) is 0.750. The highest BCUT2D eigenvalue weighted by molar-refractivity contribution is 5.64. The maximum atomic E-state index is 4.05. The van der Waals surface area contributed by atoms with Crippen molar-refractivity contribution in [2.24, 2.45) is 0 Å². The van der Waals surface area contributed by atoms with E-state index in [2.05, 4.69) is 82.7 Å². The largest absolute Gasteiger partial charge is 0.305 e. The standard InChI is InChI=1S/C21H27N/c1-15(2)21-10-8-18(12-17(21)4)13-19-9-7-16(3)11-20(19)14-22(5)6/h7-12H,1,13-14H2,2-6H3. The van der Waals surface area contributed by atoms with Crippen LogP contribution in [0.5, 0.6) is 0 Å². The molecule has 0 aromatic heterocycles. The highest BCUT2D eigenvalue weighted by atomic mass is 15.0. The first-order valence-corrected chi connectivity index (χ1v) is 7.85. The summed E-state index contributed by atoms with van der Waals surface area (Å²) in [7, 11) is 4.25. The van der Waals surface area contributed by atoms with Gasteiger partial charge in [-0.3, -0.25) is 0 Å². The van der Waals surface area contributed by atoms with Crippen LogP contribution in [0.15, 0.2) is 43.0 Å². The smallest absolute Gasteiger partial charge is 0.0230 e. The van der Waals surface area contributed by atoms with Crippen molar-refractivity contribution < 1.29 is 0 Å². The van der Waals surface area contributed by atoms with Crippen LogP contribution in [0.4, 0.5) is 0 Å². The lowest BCUT2D eigenvalue weighted by molar-refractivity contribution is 0.401. The summed E-state index contributed by atoms with van der Waals surface area (Å²) in [5.74, 6) is 0. The van der Waals surface area contributed by atoms with Crippen molar-refractivity contribution in [3.8, 4) is 0 Å². The third-order valence-electron chi connectivity index (χ3n) is 3.99. The molecular weight excluding hydrogens is 266 g/mol. The lowest BCUT2D eigenvalue weighted by Crippen LogP contribution is -2.12. The van der Waals surface area contributed by atoms with E-state index in [-0.39, 0.29) is 0 Å². The molecule has 0 aliphatic rings. The van der Waals surface area contributed by atoms with E-state index >= 15 is 0 Å². The molecule has 0 saturated carbocycles. The summed E-state index contributed by atoms with van der Waals surface area (Å²) in [4.78, 5) is 2.23. The molecule has 1 heteroatoms. The van der Waals surface area contributed by atoms with Gasteiger partial charge in [-0.15, -0.1) is 0 Å². The second kappa shape index (κ2) is 6.93. The second-order valence-corrected chi connectivity index (χ2v) is 6.62. The Morgan fingerprint density at radius 3 is 2.32 bits per heavy atom. The van der Waals surface area contributed by atoms with Gasteiger partial charge in [0.1, 0.15) is 0 Å². The Balaban J connectivity index is 2.30. The summed E-state index contributed by atoms with van der Waals surface area (Å²) in [6.07, 6.45) is 0.987. The molecule has 2 aromatic rings. The Kier molecular flexibility index (Phi) is 5.20. The Labute approximate surface area is 135 Å². The lowest BCUT2D eigenvalue weighted by atomic mass is 9.94. The lowest BCUT2D eigenvalue weighted by Gasteiger charge is -2.16. The number of hydrogen-bond acceptors (Lipinski definition) is 1. The van der Waals surface area contributed by atoms with Gasteiger partial charge in [0.05, 0.1) is 0 Å². The van der Waals surface area contributed by atoms with E-state index in [0.29, 0.717) is 0 Å². The third-order valence-corrected chi connectivity index (χ3v) is 3.99. The van der Waals surface area contributed by atoms with Crippen LogP contribution in [-0.4, -0.2) is 19.0 Å². The minimum absolute atomic E-state index is 0.986. The Morgan fingerprint density at radius 2 is 1.73 bits per heavy atom. The van der Waals surface area contributed by atoms with Crippen LogP contribution in [0.1, 0.15) is 40.3 Å². The van der Waals surface area contributed by atoms with Crippen molar-refractivity contribution >= 4 is 5.57 Å². The number of nitrogens with zero attached hydrogens (tertiary/aromatic N) is 1. The minimum Gasteiger partial charge on any atom is -0.305 e. The average molecular weight is 293 g/mol. The Bertz CT molecular complexity index is 680. The zero-order chi connectivity index (χ0) is 16.3. The van der Waals surface area contributed by atoms with Crippen LogP contribution in [0.3, 0.4) is 0 Å². The van der Waals surface area contributed by atoms with Crippen LogP contribution in [0.25, 0.3) is 5.57 Å². The van der Waals surface area contributed by atoms with Gasteiger partial charge in [-0.25, -0.2) is 0 Å². The monoisotopic (exact) mass is 293 g/mol. The van der Waals surface area contributed by atoms with E-state index in [1.165, 1.54) is 33.4 Å². The summed E-state index contributed by atoms with van der Waals surface area (Å²) in [6.45, 7) is 11.4. The fourth-order valence-corrected chi connectivity index (χ4v) is 2.95. The molecule has 0 amide bonds. The normalized spacial score (nSPS) is 11.0. The molecule has 116 valence electrons. The van der Waals surface area contributed by atoms with Crippen molar-refractivity contribution in [1.29, 1.82) is 0 Å². The number of benzene rings is 2. The van der Waals surface area contributed by atoms with Crippen LogP contribution < -0.4 is 0 Å². The van der Waals surface area contributed by atoms with Crippen molar-refractivity contribution in [3.05, 3.63) is 76.4 Å². The van der Waals surface area contributed by atoms with Gasteiger partial charge in [0.25, 0.3) is 0 Å². The van der Waals surface area contributed by atoms with Gasteiger partial charge in [0.2, 0.25) is 0 Å². The summed E-state index contributed by atoms with van der Waals surface area (Å²) < 4.78 is 0. The van der Waals surface area contributed by atoms with E-state index in [9.17, 15) is 0 Å². The number of allylic oxidation sites excluding steroid dienone is 1. The van der Waals surface area contributed by atoms with Crippen LogP contribution in [-0.2, 0) is 13.0 Å². The van der Waals surface area contributed by atoms with Gasteiger partial charge in [-0.1, -0.05) is 54.1 Å². The van der Waals surface area contributed by atoms with E-state index < -0.39 is 0 Å². The van der Waals surface area contributed by atoms with Gasteiger partial charge in [0, 0.05) is 6.54 Å². The topological polar surface area (TPSA) is 3.24 Å². The van der Waals surface area contributed by atoms with Gasteiger partial charge in [-0.2, -0.15) is 0 Å². The third kappa shape index (κ3) is 4.08. The summed E-state index contributed by atoms with van der Waals surface area (Å²) >= 11 is 0. The molecule has 0 aliphatic carbocycles. The molecule has 0 heterocycles. The average Bonchev–Trinajstić information content (AvgIpc) is 2.41. The Hall–Kier alpha value is -1.86. The van der Waals surface area contributed by atoms with Gasteiger partial charge in [-0.05, 0) is 69.1 Å². The van der Waals surface area contributed by atoms with Crippen molar-refractivity contribution in [2.45, 2.75) is 33.7 Å². The molecular formula is C21H27N. The van der Waals surface area contributed by atoms with E-state index in [4.69, 9.17) is 0 Å². The molecule has 0 radical (unpaired) electrons. The number of aryl methyl sites for hydroxylation is 2. The highest BCUT2D eigenvalue weighted by Crippen LogP contribution is 2.22. The van der Waals surface area contributed by atoms with Crippen LogP contribution in [0, 0.1) is 13.8 Å². The van der Waals surface area contributed by atoms with Crippen molar-refractivity contribution in [2.75, 3.05) is 14.1 Å². The molecule has 22 heavy (non-hydrogen) atoms. The van der Waals surface area contributed by atoms with Crippen LogP contribution >= 0.6 is 0 Å². The molecule has 1 nitrogen and oxygen atoms in total. The molecule has 0 atom stereocenters. The van der Waals surface area contributed by atoms with Crippen molar-refractivity contribution in [1.82, 2.24) is 4.90 Å². The molecule has 2 aromatic carbocycles. The van der Waals surface area contributed by atoms with E-state index in [0.717, 1.165) is 18.5 Å². The molecule has 0 spiro atoms. The summed E-state index contributed by atoms with van der Waals surface area (Å²) in [5, 5.41) is 0. The molecule has 0 fully saturated rings. The van der Waals surface area contributed by atoms with Crippen LogP contribution in [0.2, 0.25) is 0 Å². The maximum Gasteiger partial charge on any atom is 0.0230 e. The molecule has 0 aliphatic heterocycles. The second-order valence-electron chi connectivity index (χ2n) is 6.62. The SMILES string of the molecule is C=C(C)c1ccc(Cc2ccc(C)cc2CN(C)C)cc1C. The molecule has 0 bridgehead atoms. The minimum atomic E-state index is 0.986. The predicted octanol–water partition coefficient (Wildman–Crippen LogP) is 4.99. The zero-order valence-electron chi connectivity index (χ0n) is 14.5. The Morgan fingerprint density at radius 1 is 1.00 bits per heavy atom. The first-order valence-electron chi connectivity index (χ1n) is 7.85. The first kappa shape index (κ1) is 16.5. The number of hydrogen-bond donors (Lipinski definition) is 0. The molecule has 0 N–H and O–H groups in total. The fourth-order valence-electron chi connectivity index (χ4n) is 2.95. The maximum absolute atomic E-state index is 4.05. The summed E-state index contributed by atoms with van der Waals surface area (Å²) in [6, 6.07) is 13.5. The molecule has 0 unspecified atom stereocenters. The van der Waals surface area contributed by atoms with Crippen molar-refractivity contribution in [3.63, 3.8) is 0 Å². The predicted molar refractivity (Wildman–Crippen MR) is 97.3 cm³/mol. The molecule has 0 saturated heterocycles. The fraction of sp³-hybridized carbons (Fsp3) is 0.333. The van der Waals surface area contributed by atoms with E-state index in [1.54, 1.807) is 0 Å². The van der Waals surface area contributed by atoms with Gasteiger partial charge >= 0.3 is 0 Å². The van der Waals surface area contributed by atoms with Gasteiger partial charge in [0.15, 0.2) is 0 Å². The summed E-state index contributed by atoms with van der Waals surface area (Å²) in [5.41, 5.74) is 9.24. The first-order chi connectivity index (χ1) is 10.4. The number of rotatable bonds is 5. The van der Waals surface area contributed by atoms with E-state index in [1.807, 2.05) is 0 Å². The zero-order valence-corrected chi connectivity index (χ0v) is 14.5. The highest BCUT2D eigenvalue weighted by Gasteiger charge is 2.07. The van der Waals surface area contributed by atoms with Gasteiger partial charge < -0.3 is 4.90 Å².